The zero-order chi connectivity index (χ0) is 14.2. The van der Waals surface area contributed by atoms with Crippen molar-refractivity contribution in [2.45, 2.75) is 44.6 Å². The Morgan fingerprint density at radius 1 is 1.05 bits per heavy atom. The molecule has 2 atom stereocenters. The summed E-state index contributed by atoms with van der Waals surface area (Å²) >= 11 is 0. The Kier molecular flexibility index (Phi) is 3.17. The predicted molar refractivity (Wildman–Crippen MR) is 86.3 cm³/mol. The number of fused-ring (bicyclic) bond motifs is 2. The number of benzene rings is 1. The van der Waals surface area contributed by atoms with Crippen molar-refractivity contribution in [1.29, 1.82) is 0 Å². The molecule has 1 aliphatic carbocycles. The van der Waals surface area contributed by atoms with Gasteiger partial charge in [0.1, 0.15) is 12.1 Å². The third-order valence-corrected chi connectivity index (χ3v) is 5.15. The van der Waals surface area contributed by atoms with Gasteiger partial charge in [0.15, 0.2) is 0 Å². The number of anilines is 2. The van der Waals surface area contributed by atoms with Crippen LogP contribution in [0.1, 0.15) is 38.5 Å². The first-order valence-electron chi connectivity index (χ1n) is 8.10. The molecule has 2 fully saturated rings. The SMILES string of the molecule is Nc1ccc2c(N3CCC[C@H]4CCCC[C@H]43)ncnc2c1. The number of nitrogens with two attached hydrogens (primary N) is 1. The molecule has 4 rings (SSSR count). The quantitative estimate of drug-likeness (QED) is 0.815. The first kappa shape index (κ1) is 12.9. The number of piperidine rings is 1. The van der Waals surface area contributed by atoms with E-state index >= 15 is 0 Å². The van der Waals surface area contributed by atoms with Gasteiger partial charge in [0.05, 0.1) is 5.52 Å². The van der Waals surface area contributed by atoms with E-state index in [9.17, 15) is 0 Å². The van der Waals surface area contributed by atoms with E-state index in [4.69, 9.17) is 5.73 Å². The number of aromatic nitrogens is 2. The summed E-state index contributed by atoms with van der Waals surface area (Å²) < 4.78 is 0. The molecule has 0 unspecified atom stereocenters. The third-order valence-electron chi connectivity index (χ3n) is 5.15. The van der Waals surface area contributed by atoms with Gasteiger partial charge in [0.25, 0.3) is 0 Å². The van der Waals surface area contributed by atoms with Gasteiger partial charge in [-0.05, 0) is 49.8 Å². The van der Waals surface area contributed by atoms with Crippen molar-refractivity contribution in [3.05, 3.63) is 24.5 Å². The minimum atomic E-state index is 0.670. The Hall–Kier alpha value is -1.84. The molecule has 1 aromatic heterocycles. The molecule has 21 heavy (non-hydrogen) atoms. The van der Waals surface area contributed by atoms with Crippen LogP contribution in [0.4, 0.5) is 11.5 Å². The Balaban J connectivity index is 1.78. The summed E-state index contributed by atoms with van der Waals surface area (Å²) in [5.41, 5.74) is 7.61. The Morgan fingerprint density at radius 3 is 2.86 bits per heavy atom. The summed E-state index contributed by atoms with van der Waals surface area (Å²) in [6.07, 6.45) is 9.80. The molecular formula is C17H22N4. The molecule has 0 bridgehead atoms. The highest BCUT2D eigenvalue weighted by Gasteiger charge is 2.34. The van der Waals surface area contributed by atoms with Crippen molar-refractivity contribution >= 4 is 22.4 Å². The second-order valence-electron chi connectivity index (χ2n) is 6.42. The van der Waals surface area contributed by atoms with Crippen LogP contribution in [0.5, 0.6) is 0 Å². The van der Waals surface area contributed by atoms with E-state index < -0.39 is 0 Å². The smallest absolute Gasteiger partial charge is 0.140 e. The van der Waals surface area contributed by atoms with Gasteiger partial charge in [-0.2, -0.15) is 0 Å². The second kappa shape index (κ2) is 5.17. The molecule has 4 heteroatoms. The summed E-state index contributed by atoms with van der Waals surface area (Å²) in [7, 11) is 0. The molecule has 1 aliphatic heterocycles. The first-order valence-corrected chi connectivity index (χ1v) is 8.10. The predicted octanol–water partition coefficient (Wildman–Crippen LogP) is 3.37. The standard InChI is InChI=1S/C17H22N4/c18-13-7-8-14-15(10-13)19-11-20-17(14)21-9-3-5-12-4-1-2-6-16(12)21/h7-8,10-12,16H,1-6,9,18H2/t12-,16-/m1/s1. The highest BCUT2D eigenvalue weighted by atomic mass is 15.2. The third kappa shape index (κ3) is 2.23. The lowest BCUT2D eigenvalue weighted by atomic mass is 9.78. The molecule has 1 aromatic carbocycles. The van der Waals surface area contributed by atoms with Gasteiger partial charge in [-0.3, -0.25) is 0 Å². The molecule has 110 valence electrons. The number of hydrogen-bond acceptors (Lipinski definition) is 4. The fraction of sp³-hybridized carbons (Fsp3) is 0.529. The van der Waals surface area contributed by atoms with Crippen molar-refractivity contribution in [1.82, 2.24) is 9.97 Å². The van der Waals surface area contributed by atoms with Gasteiger partial charge in [0.2, 0.25) is 0 Å². The van der Waals surface area contributed by atoms with Crippen LogP contribution in [0, 0.1) is 5.92 Å². The molecule has 2 N–H and O–H groups in total. The average Bonchev–Trinajstić information content (AvgIpc) is 2.53. The minimum Gasteiger partial charge on any atom is -0.399 e. The van der Waals surface area contributed by atoms with E-state index in [0.717, 1.165) is 34.9 Å². The lowest BCUT2D eigenvalue weighted by Gasteiger charge is -2.45. The molecule has 0 amide bonds. The number of rotatable bonds is 1. The molecule has 2 heterocycles. The molecule has 1 saturated carbocycles. The Bertz CT molecular complexity index is 652. The maximum Gasteiger partial charge on any atom is 0.140 e. The van der Waals surface area contributed by atoms with Crippen molar-refractivity contribution in [3.8, 4) is 0 Å². The molecule has 2 aliphatic rings. The lowest BCUT2D eigenvalue weighted by Crippen LogP contribution is -2.47. The fourth-order valence-electron chi connectivity index (χ4n) is 4.18. The van der Waals surface area contributed by atoms with E-state index in [1.165, 1.54) is 38.5 Å². The average molecular weight is 282 g/mol. The monoisotopic (exact) mass is 282 g/mol. The van der Waals surface area contributed by atoms with E-state index in [1.807, 2.05) is 12.1 Å². The van der Waals surface area contributed by atoms with E-state index in [-0.39, 0.29) is 0 Å². The zero-order valence-corrected chi connectivity index (χ0v) is 12.3. The highest BCUT2D eigenvalue weighted by molar-refractivity contribution is 5.91. The van der Waals surface area contributed by atoms with Crippen molar-refractivity contribution in [2.75, 3.05) is 17.2 Å². The summed E-state index contributed by atoms with van der Waals surface area (Å²) in [6.45, 7) is 1.12. The Labute approximate surface area is 125 Å². The molecular weight excluding hydrogens is 260 g/mol. The van der Waals surface area contributed by atoms with Crippen LogP contribution in [0.15, 0.2) is 24.5 Å². The van der Waals surface area contributed by atoms with Crippen LogP contribution < -0.4 is 10.6 Å². The molecule has 1 saturated heterocycles. The summed E-state index contributed by atoms with van der Waals surface area (Å²) in [6, 6.07) is 6.65. The van der Waals surface area contributed by atoms with Gasteiger partial charge in [-0.1, -0.05) is 12.8 Å². The largest absolute Gasteiger partial charge is 0.399 e. The molecule has 0 spiro atoms. The zero-order valence-electron chi connectivity index (χ0n) is 12.3. The molecule has 2 aromatic rings. The van der Waals surface area contributed by atoms with Gasteiger partial charge in [-0.25, -0.2) is 9.97 Å². The summed E-state index contributed by atoms with van der Waals surface area (Å²) in [4.78, 5) is 11.6. The van der Waals surface area contributed by atoms with Crippen LogP contribution >= 0.6 is 0 Å². The lowest BCUT2D eigenvalue weighted by molar-refractivity contribution is 0.243. The van der Waals surface area contributed by atoms with Gasteiger partial charge in [-0.15, -0.1) is 0 Å². The van der Waals surface area contributed by atoms with Gasteiger partial charge < -0.3 is 10.6 Å². The van der Waals surface area contributed by atoms with E-state index in [1.54, 1.807) is 6.33 Å². The molecule has 0 radical (unpaired) electrons. The van der Waals surface area contributed by atoms with Crippen molar-refractivity contribution in [2.24, 2.45) is 5.92 Å². The van der Waals surface area contributed by atoms with Crippen LogP contribution in [0.25, 0.3) is 10.9 Å². The minimum absolute atomic E-state index is 0.670. The van der Waals surface area contributed by atoms with Gasteiger partial charge in [0, 0.05) is 23.7 Å². The second-order valence-corrected chi connectivity index (χ2v) is 6.42. The van der Waals surface area contributed by atoms with Crippen LogP contribution in [-0.4, -0.2) is 22.6 Å². The number of nitrogens with zero attached hydrogens (tertiary/aromatic N) is 3. The van der Waals surface area contributed by atoms with Crippen LogP contribution in [0.3, 0.4) is 0 Å². The van der Waals surface area contributed by atoms with Crippen LogP contribution in [-0.2, 0) is 0 Å². The highest BCUT2D eigenvalue weighted by Crippen LogP contribution is 2.38. The maximum atomic E-state index is 5.88. The van der Waals surface area contributed by atoms with E-state index in [0.29, 0.717) is 6.04 Å². The number of nitrogen functional groups attached to an aromatic ring is 1. The van der Waals surface area contributed by atoms with Crippen LogP contribution in [0.2, 0.25) is 0 Å². The topological polar surface area (TPSA) is 55.0 Å². The van der Waals surface area contributed by atoms with Gasteiger partial charge >= 0.3 is 0 Å². The summed E-state index contributed by atoms with van der Waals surface area (Å²) in [5, 5.41) is 1.14. The van der Waals surface area contributed by atoms with E-state index in [2.05, 4.69) is 20.9 Å². The van der Waals surface area contributed by atoms with Crippen molar-refractivity contribution < 1.29 is 0 Å². The maximum absolute atomic E-state index is 5.88. The fourth-order valence-corrected chi connectivity index (χ4v) is 4.18. The summed E-state index contributed by atoms with van der Waals surface area (Å²) in [5.74, 6) is 1.96. The first-order chi connectivity index (χ1) is 10.3. The number of hydrogen-bond donors (Lipinski definition) is 1. The molecule has 4 nitrogen and oxygen atoms in total. The normalized spacial score (nSPS) is 25.8. The Morgan fingerprint density at radius 2 is 1.90 bits per heavy atom. The van der Waals surface area contributed by atoms with Crippen molar-refractivity contribution in [3.63, 3.8) is 0 Å².